The summed E-state index contributed by atoms with van der Waals surface area (Å²) in [4.78, 5) is 10.6. The number of ether oxygens (including phenoxy) is 1. The molecule has 0 spiro atoms. The zero-order valence-corrected chi connectivity index (χ0v) is 8.61. The van der Waals surface area contributed by atoms with Crippen molar-refractivity contribution in [1.29, 1.82) is 0 Å². The van der Waals surface area contributed by atoms with Crippen LogP contribution in [0.25, 0.3) is 0 Å². The molecule has 1 radical (unpaired) electrons. The molecule has 0 aromatic carbocycles. The van der Waals surface area contributed by atoms with Gasteiger partial charge in [-0.3, -0.25) is 0 Å². The fourth-order valence-corrected chi connectivity index (χ4v) is 1.25. The monoisotopic (exact) mass is 213 g/mol. The molecule has 0 amide bonds. The summed E-state index contributed by atoms with van der Waals surface area (Å²) in [6, 6.07) is 0. The highest BCUT2D eigenvalue weighted by Crippen LogP contribution is 2.11. The number of nitrogens with zero attached hydrogens (tertiary/aromatic N) is 4. The van der Waals surface area contributed by atoms with Gasteiger partial charge in [-0.1, -0.05) is 11.8 Å². The van der Waals surface area contributed by atoms with Gasteiger partial charge >= 0.3 is 5.97 Å². The predicted molar refractivity (Wildman–Crippen MR) is 49.4 cm³/mol. The van der Waals surface area contributed by atoms with Crippen molar-refractivity contribution in [3.8, 4) is 0 Å². The molecule has 0 aliphatic rings. The summed E-state index contributed by atoms with van der Waals surface area (Å²) in [6.07, 6.45) is 4.00. The molecule has 0 saturated carbocycles. The van der Waals surface area contributed by atoms with Crippen LogP contribution >= 0.6 is 11.8 Å². The van der Waals surface area contributed by atoms with Crippen LogP contribution in [0.4, 0.5) is 0 Å². The van der Waals surface area contributed by atoms with Gasteiger partial charge in [-0.05, 0) is 16.5 Å². The van der Waals surface area contributed by atoms with Gasteiger partial charge in [-0.25, -0.2) is 9.48 Å². The van der Waals surface area contributed by atoms with Crippen LogP contribution in [0.2, 0.25) is 0 Å². The SMILES string of the molecule is COC(=O)/C=[C]\CSc1nnnn1C. The third-order valence-corrected chi connectivity index (χ3v) is 2.20. The second kappa shape index (κ2) is 5.38. The molecule has 0 N–H and O–H groups in total. The van der Waals surface area contributed by atoms with E-state index >= 15 is 0 Å². The number of esters is 1. The van der Waals surface area contributed by atoms with Gasteiger partial charge in [0.15, 0.2) is 0 Å². The second-order valence-corrected chi connectivity index (χ2v) is 3.19. The molecular weight excluding hydrogens is 204 g/mol. The first-order chi connectivity index (χ1) is 6.74. The summed E-state index contributed by atoms with van der Waals surface area (Å²) >= 11 is 1.38. The Bertz CT molecular complexity index is 336. The summed E-state index contributed by atoms with van der Waals surface area (Å²) < 4.78 is 5.95. The molecule has 0 atom stereocenters. The average molecular weight is 213 g/mol. The number of thioether (sulfide) groups is 1. The van der Waals surface area contributed by atoms with Gasteiger partial charge in [0, 0.05) is 18.9 Å². The molecule has 1 aromatic heterocycles. The van der Waals surface area contributed by atoms with Crippen LogP contribution in [0.15, 0.2) is 11.2 Å². The Morgan fingerprint density at radius 2 is 2.57 bits per heavy atom. The van der Waals surface area contributed by atoms with E-state index in [4.69, 9.17) is 0 Å². The third kappa shape index (κ3) is 3.17. The van der Waals surface area contributed by atoms with Crippen molar-refractivity contribution in [2.24, 2.45) is 7.05 Å². The van der Waals surface area contributed by atoms with Crippen molar-refractivity contribution in [3.63, 3.8) is 0 Å². The van der Waals surface area contributed by atoms with E-state index in [1.165, 1.54) is 24.9 Å². The van der Waals surface area contributed by atoms with E-state index in [2.05, 4.69) is 26.3 Å². The minimum atomic E-state index is -0.415. The molecule has 0 saturated heterocycles. The number of methoxy groups -OCH3 is 1. The van der Waals surface area contributed by atoms with Crippen molar-refractivity contribution < 1.29 is 9.53 Å². The number of rotatable bonds is 4. The van der Waals surface area contributed by atoms with Crippen LogP contribution in [0.5, 0.6) is 0 Å². The van der Waals surface area contributed by atoms with Gasteiger partial charge < -0.3 is 4.74 Å². The van der Waals surface area contributed by atoms with Crippen molar-refractivity contribution in [1.82, 2.24) is 20.2 Å². The zero-order chi connectivity index (χ0) is 10.4. The van der Waals surface area contributed by atoms with Gasteiger partial charge in [0.05, 0.1) is 7.11 Å². The van der Waals surface area contributed by atoms with Gasteiger partial charge in [-0.15, -0.1) is 5.10 Å². The number of hydrogen-bond donors (Lipinski definition) is 0. The number of aryl methyl sites for hydroxylation is 1. The van der Waals surface area contributed by atoms with E-state index in [0.717, 1.165) is 0 Å². The lowest BCUT2D eigenvalue weighted by molar-refractivity contribution is -0.134. The van der Waals surface area contributed by atoms with Gasteiger partial charge in [0.1, 0.15) is 0 Å². The molecular formula is C7H9N4O2S. The molecule has 7 heteroatoms. The Morgan fingerprint density at radius 3 is 3.14 bits per heavy atom. The maximum absolute atomic E-state index is 10.6. The third-order valence-electron chi connectivity index (χ3n) is 1.29. The number of aromatic nitrogens is 4. The topological polar surface area (TPSA) is 69.9 Å². The number of tetrazole rings is 1. The van der Waals surface area contributed by atoms with Crippen LogP contribution in [0.3, 0.4) is 0 Å². The van der Waals surface area contributed by atoms with Gasteiger partial charge in [-0.2, -0.15) is 0 Å². The summed E-state index contributed by atoms with van der Waals surface area (Å²) in [6.45, 7) is 0. The van der Waals surface area contributed by atoms with Crippen molar-refractivity contribution in [2.75, 3.05) is 12.9 Å². The summed E-state index contributed by atoms with van der Waals surface area (Å²) in [7, 11) is 3.06. The van der Waals surface area contributed by atoms with Crippen LogP contribution < -0.4 is 0 Å². The molecule has 75 valence electrons. The number of carbonyl (C=O) groups excluding carboxylic acids is 1. The quantitative estimate of drug-likeness (QED) is 0.393. The summed E-state index contributed by atoms with van der Waals surface area (Å²) in [5.74, 6) is 0.0882. The van der Waals surface area contributed by atoms with Crippen molar-refractivity contribution >= 4 is 17.7 Å². The summed E-state index contributed by atoms with van der Waals surface area (Å²) in [5, 5.41) is 11.5. The molecule has 1 heterocycles. The highest BCUT2D eigenvalue weighted by Gasteiger charge is 2.00. The Morgan fingerprint density at radius 1 is 1.79 bits per heavy atom. The number of carbonyl (C=O) groups is 1. The minimum absolute atomic E-state index is 0.415. The standard InChI is InChI=1S/C7H9N4O2S/c1-11-7(8-9-10-11)14-5-3-4-6(12)13-2/h4H,5H2,1-2H3. The summed E-state index contributed by atoms with van der Waals surface area (Å²) in [5.41, 5.74) is 0. The normalized spacial score (nSPS) is 10.7. The average Bonchev–Trinajstić information content (AvgIpc) is 2.58. The van der Waals surface area contributed by atoms with Crippen molar-refractivity contribution in [2.45, 2.75) is 5.16 Å². The van der Waals surface area contributed by atoms with Crippen LogP contribution in [0, 0.1) is 6.08 Å². The maximum atomic E-state index is 10.6. The van der Waals surface area contributed by atoms with E-state index < -0.39 is 5.97 Å². The highest BCUT2D eigenvalue weighted by molar-refractivity contribution is 7.99. The molecule has 0 aliphatic heterocycles. The van der Waals surface area contributed by atoms with Gasteiger partial charge in [0.2, 0.25) is 5.16 Å². The van der Waals surface area contributed by atoms with Gasteiger partial charge in [0.25, 0.3) is 0 Å². The van der Waals surface area contributed by atoms with E-state index in [1.54, 1.807) is 11.7 Å². The molecule has 0 bridgehead atoms. The van der Waals surface area contributed by atoms with Crippen molar-refractivity contribution in [3.05, 3.63) is 12.2 Å². The molecule has 0 unspecified atom stereocenters. The zero-order valence-electron chi connectivity index (χ0n) is 7.80. The molecule has 0 fully saturated rings. The lowest BCUT2D eigenvalue weighted by atomic mass is 10.5. The first-order valence-electron chi connectivity index (χ1n) is 3.73. The molecule has 6 nitrogen and oxygen atoms in total. The smallest absolute Gasteiger partial charge is 0.330 e. The Balaban J connectivity index is 2.32. The molecule has 1 rings (SSSR count). The Labute approximate surface area is 85.3 Å². The number of hydrogen-bond acceptors (Lipinski definition) is 6. The molecule has 0 aliphatic carbocycles. The lowest BCUT2D eigenvalue weighted by Gasteiger charge is -1.93. The minimum Gasteiger partial charge on any atom is -0.466 e. The first kappa shape index (κ1) is 10.7. The fraction of sp³-hybridized carbons (Fsp3) is 0.429. The molecule has 1 aromatic rings. The van der Waals surface area contributed by atoms with Crippen LogP contribution in [-0.2, 0) is 16.6 Å². The van der Waals surface area contributed by atoms with Crippen LogP contribution in [-0.4, -0.2) is 39.0 Å². The predicted octanol–water partition coefficient (Wildman–Crippen LogP) is -0.165. The lowest BCUT2D eigenvalue weighted by Crippen LogP contribution is -1.95. The molecule has 14 heavy (non-hydrogen) atoms. The maximum Gasteiger partial charge on any atom is 0.330 e. The Hall–Kier alpha value is -1.37. The van der Waals surface area contributed by atoms with E-state index in [0.29, 0.717) is 10.9 Å². The highest BCUT2D eigenvalue weighted by atomic mass is 32.2. The van der Waals surface area contributed by atoms with E-state index in [-0.39, 0.29) is 0 Å². The van der Waals surface area contributed by atoms with E-state index in [9.17, 15) is 4.79 Å². The fourth-order valence-electron chi connectivity index (χ4n) is 0.634. The van der Waals surface area contributed by atoms with Crippen LogP contribution in [0.1, 0.15) is 0 Å². The second-order valence-electron chi connectivity index (χ2n) is 2.25. The first-order valence-corrected chi connectivity index (χ1v) is 4.72. The largest absolute Gasteiger partial charge is 0.466 e. The van der Waals surface area contributed by atoms with E-state index in [1.807, 2.05) is 0 Å². The Kier molecular flexibility index (Phi) is 4.11.